The van der Waals surface area contributed by atoms with Gasteiger partial charge in [0.15, 0.2) is 0 Å². The summed E-state index contributed by atoms with van der Waals surface area (Å²) in [7, 11) is -2.21. The van der Waals surface area contributed by atoms with Crippen molar-refractivity contribution in [1.82, 2.24) is 19.9 Å². The maximum atomic E-state index is 12.3. The molecule has 4 N–H and O–H groups in total. The summed E-state index contributed by atoms with van der Waals surface area (Å²) in [5.74, 6) is 0.955. The molecule has 50 heavy (non-hydrogen) atoms. The number of halogens is 1. The fraction of sp³-hybridized carbons (Fsp3) is 0.412. The number of ether oxygens (including phenoxy) is 2. The SMILES string of the molecule is C.C.CC1(C)OB(c2ccc(N)c(P(C)(C)=O)c2)OC1(C)C.COc1cncc(-c2ccc(N)c(P(C)(C)=O)c2)n1.COc1cncc(Br)n1. The molecule has 12 nitrogen and oxygen atoms in total. The van der Waals surface area contributed by atoms with Crippen LogP contribution in [0.4, 0.5) is 11.4 Å². The van der Waals surface area contributed by atoms with Crippen molar-refractivity contribution in [3.05, 3.63) is 65.8 Å². The number of rotatable bonds is 6. The number of nitrogens with two attached hydrogens (primary N) is 2. The number of hydrogen-bond donors (Lipinski definition) is 2. The molecule has 16 heteroatoms. The van der Waals surface area contributed by atoms with Gasteiger partial charge in [0.25, 0.3) is 0 Å². The lowest BCUT2D eigenvalue weighted by Gasteiger charge is -2.32. The molecule has 0 atom stereocenters. The summed E-state index contributed by atoms with van der Waals surface area (Å²) in [6.45, 7) is 14.9. The Balaban J connectivity index is 0.000000391. The monoisotopic (exact) mass is 792 g/mol. The van der Waals surface area contributed by atoms with E-state index in [1.807, 2.05) is 45.9 Å². The molecule has 2 aromatic heterocycles. The maximum absolute atomic E-state index is 12.3. The highest BCUT2D eigenvalue weighted by atomic mass is 79.9. The van der Waals surface area contributed by atoms with Gasteiger partial charge in [-0.3, -0.25) is 9.97 Å². The van der Waals surface area contributed by atoms with Crippen LogP contribution in [0.25, 0.3) is 11.3 Å². The maximum Gasteiger partial charge on any atom is 0.494 e. The molecule has 4 aromatic rings. The van der Waals surface area contributed by atoms with Crippen LogP contribution in [0.1, 0.15) is 42.5 Å². The highest BCUT2D eigenvalue weighted by Crippen LogP contribution is 2.39. The first-order chi connectivity index (χ1) is 22.2. The number of anilines is 2. The topological polar surface area (TPSA) is 175 Å². The molecule has 3 heterocycles. The molecular weight excluding hydrogens is 741 g/mol. The number of nitrogens with zero attached hydrogens (tertiary/aromatic N) is 4. The highest BCUT2D eigenvalue weighted by Gasteiger charge is 2.51. The van der Waals surface area contributed by atoms with Crippen LogP contribution >= 0.6 is 30.2 Å². The van der Waals surface area contributed by atoms with Crippen molar-refractivity contribution in [2.45, 2.75) is 53.8 Å². The zero-order valence-corrected chi connectivity index (χ0v) is 32.4. The third-order valence-electron chi connectivity index (χ3n) is 7.68. The lowest BCUT2D eigenvalue weighted by molar-refractivity contribution is 0.00578. The van der Waals surface area contributed by atoms with Gasteiger partial charge in [0.05, 0.1) is 55.9 Å². The third kappa shape index (κ3) is 11.6. The van der Waals surface area contributed by atoms with Gasteiger partial charge in [-0.15, -0.1) is 0 Å². The Hall–Kier alpha value is -3.28. The van der Waals surface area contributed by atoms with Gasteiger partial charge in [0.1, 0.15) is 18.9 Å². The number of hydrogen-bond acceptors (Lipinski definition) is 12. The third-order valence-corrected chi connectivity index (χ3v) is 11.2. The van der Waals surface area contributed by atoms with Crippen LogP contribution in [-0.4, -0.2) is 79.1 Å². The zero-order valence-electron chi connectivity index (χ0n) is 29.0. The Labute approximate surface area is 306 Å². The molecule has 1 fully saturated rings. The van der Waals surface area contributed by atoms with Crippen molar-refractivity contribution in [3.8, 4) is 23.0 Å². The largest absolute Gasteiger partial charge is 0.494 e. The second kappa shape index (κ2) is 17.8. The predicted octanol–water partition coefficient (Wildman–Crippen LogP) is 6.32. The predicted molar refractivity (Wildman–Crippen MR) is 213 cm³/mol. The zero-order chi connectivity index (χ0) is 36.1. The summed E-state index contributed by atoms with van der Waals surface area (Å²) in [6, 6.07) is 10.9. The Morgan fingerprint density at radius 1 is 0.720 bits per heavy atom. The second-order valence-corrected chi connectivity index (χ2v) is 19.9. The van der Waals surface area contributed by atoms with E-state index >= 15 is 0 Å². The molecule has 5 rings (SSSR count). The van der Waals surface area contributed by atoms with Crippen molar-refractivity contribution in [2.24, 2.45) is 0 Å². The van der Waals surface area contributed by atoms with E-state index in [1.165, 1.54) is 13.3 Å². The highest BCUT2D eigenvalue weighted by molar-refractivity contribution is 9.10. The van der Waals surface area contributed by atoms with E-state index in [2.05, 4.69) is 35.9 Å². The molecule has 274 valence electrons. The fourth-order valence-corrected chi connectivity index (χ4v) is 6.93. The molecule has 0 unspecified atom stereocenters. The van der Waals surface area contributed by atoms with Crippen molar-refractivity contribution in [2.75, 3.05) is 52.3 Å². The number of methoxy groups -OCH3 is 2. The van der Waals surface area contributed by atoms with Gasteiger partial charge in [0, 0.05) is 27.5 Å². The molecule has 1 aliphatic rings. The van der Waals surface area contributed by atoms with E-state index in [0.717, 1.165) is 11.0 Å². The molecule has 2 aromatic carbocycles. The van der Waals surface area contributed by atoms with Crippen LogP contribution in [0, 0.1) is 0 Å². The van der Waals surface area contributed by atoms with Crippen LogP contribution in [0.5, 0.6) is 11.8 Å². The quantitative estimate of drug-likeness (QED) is 0.127. The first-order valence-corrected chi connectivity index (χ1v) is 20.8. The molecule has 0 bridgehead atoms. The van der Waals surface area contributed by atoms with Crippen LogP contribution in [0.2, 0.25) is 0 Å². The van der Waals surface area contributed by atoms with Crippen LogP contribution in [0.3, 0.4) is 0 Å². The standard InChI is InChI=1S/C14H23BNO3P.C13H16N3O2P.C5H5BrN2O.2CH4/c1-13(2)14(3,4)19-15(18-13)10-7-8-11(16)12(9-10)20(5,6)17;1-18-13-8-15-7-11(16-13)9-4-5-10(14)12(6-9)19(2,3)17;1-9-5-3-7-2-4(6)8-5;;/h7-9H,16H2,1-6H3;4-8H,14H2,1-3H3;2-3H,1H3;2*1H4. The molecule has 1 saturated heterocycles. The molecule has 0 saturated carbocycles. The van der Waals surface area contributed by atoms with E-state index < -0.39 is 21.4 Å². The Bertz CT molecular complexity index is 1820. The normalized spacial score (nSPS) is 14.4. The molecule has 0 aliphatic carbocycles. The molecule has 0 spiro atoms. The van der Waals surface area contributed by atoms with Crippen molar-refractivity contribution in [1.29, 1.82) is 0 Å². The Morgan fingerprint density at radius 2 is 1.18 bits per heavy atom. The van der Waals surface area contributed by atoms with Gasteiger partial charge in [-0.05, 0) is 100 Å². The number of benzene rings is 2. The van der Waals surface area contributed by atoms with Crippen LogP contribution in [0.15, 0.2) is 65.8 Å². The van der Waals surface area contributed by atoms with E-state index in [9.17, 15) is 9.13 Å². The van der Waals surface area contributed by atoms with Gasteiger partial charge >= 0.3 is 7.12 Å². The molecule has 0 amide bonds. The summed E-state index contributed by atoms with van der Waals surface area (Å²) in [6.07, 6.45) is 6.31. The van der Waals surface area contributed by atoms with Gasteiger partial charge in [-0.2, -0.15) is 0 Å². The Morgan fingerprint density at radius 3 is 1.64 bits per heavy atom. The molecular formula is C34H52BBrN6O6P2. The summed E-state index contributed by atoms with van der Waals surface area (Å²) in [5, 5.41) is 1.35. The summed E-state index contributed by atoms with van der Waals surface area (Å²) in [4.78, 5) is 16.1. The average Bonchev–Trinajstić information content (AvgIpc) is 3.23. The smallest absolute Gasteiger partial charge is 0.480 e. The lowest BCUT2D eigenvalue weighted by atomic mass is 9.79. The minimum Gasteiger partial charge on any atom is -0.480 e. The minimum absolute atomic E-state index is 0. The lowest BCUT2D eigenvalue weighted by Crippen LogP contribution is -2.41. The summed E-state index contributed by atoms with van der Waals surface area (Å²) in [5.41, 5.74) is 14.5. The second-order valence-electron chi connectivity index (χ2n) is 12.7. The number of nitrogen functional groups attached to an aromatic ring is 2. The minimum atomic E-state index is -2.43. The van der Waals surface area contributed by atoms with Gasteiger partial charge in [-0.25, -0.2) is 9.97 Å². The first-order valence-electron chi connectivity index (χ1n) is 14.8. The van der Waals surface area contributed by atoms with E-state index in [1.54, 1.807) is 70.6 Å². The summed E-state index contributed by atoms with van der Waals surface area (Å²) >= 11 is 3.15. The molecule has 0 radical (unpaired) electrons. The van der Waals surface area contributed by atoms with Crippen molar-refractivity contribution >= 4 is 64.8 Å². The average molecular weight is 793 g/mol. The van der Waals surface area contributed by atoms with Crippen LogP contribution < -0.4 is 37.0 Å². The van der Waals surface area contributed by atoms with E-state index in [0.29, 0.717) is 44.0 Å². The first kappa shape index (κ1) is 44.7. The Kier molecular flexibility index (Phi) is 15.9. The molecule has 1 aliphatic heterocycles. The van der Waals surface area contributed by atoms with E-state index in [-0.39, 0.29) is 26.1 Å². The van der Waals surface area contributed by atoms with Crippen molar-refractivity contribution < 1.29 is 27.9 Å². The fourth-order valence-electron chi connectivity index (χ4n) is 4.33. The summed E-state index contributed by atoms with van der Waals surface area (Å²) < 4.78 is 47.0. The van der Waals surface area contributed by atoms with Gasteiger partial charge in [0.2, 0.25) is 11.8 Å². The van der Waals surface area contributed by atoms with Gasteiger partial charge < -0.3 is 39.4 Å². The van der Waals surface area contributed by atoms with Crippen molar-refractivity contribution in [3.63, 3.8) is 0 Å². The van der Waals surface area contributed by atoms with Gasteiger partial charge in [-0.1, -0.05) is 27.0 Å². The van der Waals surface area contributed by atoms with Crippen LogP contribution in [-0.2, 0) is 18.4 Å². The van der Waals surface area contributed by atoms with E-state index in [4.69, 9.17) is 30.2 Å². The number of aromatic nitrogens is 4.